The Morgan fingerprint density at radius 3 is 1.52 bits per heavy atom. The molecule has 324 valence electrons. The van der Waals surface area contributed by atoms with Crippen molar-refractivity contribution in [2.45, 2.75) is 180 Å². The highest BCUT2D eigenvalue weighted by molar-refractivity contribution is 7.47. The van der Waals surface area contributed by atoms with Crippen molar-refractivity contribution in [2.75, 3.05) is 33.0 Å². The Bertz CT molecular complexity index is 1100. The Labute approximate surface area is 342 Å². The third kappa shape index (κ3) is 41.5. The van der Waals surface area contributed by atoms with E-state index in [-0.39, 0.29) is 13.0 Å². The summed E-state index contributed by atoms with van der Waals surface area (Å²) in [5.41, 5.74) is 0. The maximum absolute atomic E-state index is 12.6. The molecule has 0 radical (unpaired) electrons. The SMILES string of the molecule is CC/C=C\C/C=C\C/C=C\C/C=C\C/C=C\C/C=C\CCCCCOCC(COP(=O)(O)OCC(O)CO)OC(=O)CCCCCCCCCCCCCCC. The molecule has 10 heteroatoms. The Balaban J connectivity index is 4.23. The zero-order chi connectivity index (χ0) is 41.1. The second-order valence-electron chi connectivity index (χ2n) is 14.3. The first-order valence-electron chi connectivity index (χ1n) is 21.9. The summed E-state index contributed by atoms with van der Waals surface area (Å²) in [6, 6.07) is 0. The van der Waals surface area contributed by atoms with Crippen LogP contribution in [0.4, 0.5) is 0 Å². The average Bonchev–Trinajstić information content (AvgIpc) is 3.19. The van der Waals surface area contributed by atoms with Crippen LogP contribution in [0.15, 0.2) is 72.9 Å². The van der Waals surface area contributed by atoms with Gasteiger partial charge in [-0.05, 0) is 64.2 Å². The summed E-state index contributed by atoms with van der Waals surface area (Å²) in [7, 11) is -4.53. The van der Waals surface area contributed by atoms with Crippen molar-refractivity contribution in [3.05, 3.63) is 72.9 Å². The predicted molar refractivity (Wildman–Crippen MR) is 233 cm³/mol. The average molecular weight is 809 g/mol. The summed E-state index contributed by atoms with van der Waals surface area (Å²) in [5.74, 6) is -0.397. The highest BCUT2D eigenvalue weighted by Gasteiger charge is 2.26. The van der Waals surface area contributed by atoms with Crippen LogP contribution in [0.2, 0.25) is 0 Å². The molecule has 3 N–H and O–H groups in total. The van der Waals surface area contributed by atoms with Crippen molar-refractivity contribution in [3.8, 4) is 0 Å². The molecule has 0 aromatic heterocycles. The first kappa shape index (κ1) is 53.9. The van der Waals surface area contributed by atoms with Crippen molar-refractivity contribution in [3.63, 3.8) is 0 Å². The van der Waals surface area contributed by atoms with Gasteiger partial charge in [0.25, 0.3) is 0 Å². The van der Waals surface area contributed by atoms with Gasteiger partial charge in [-0.2, -0.15) is 0 Å². The molecule has 0 aliphatic carbocycles. The summed E-state index contributed by atoms with van der Waals surface area (Å²) in [6.45, 7) is 3.31. The molecule has 56 heavy (non-hydrogen) atoms. The molecule has 0 fully saturated rings. The number of ether oxygens (including phenoxy) is 2. The van der Waals surface area contributed by atoms with Crippen molar-refractivity contribution < 1.29 is 43.0 Å². The number of carbonyl (C=O) groups is 1. The van der Waals surface area contributed by atoms with E-state index in [9.17, 15) is 19.4 Å². The van der Waals surface area contributed by atoms with Crippen LogP contribution in [-0.2, 0) is 27.9 Å². The van der Waals surface area contributed by atoms with E-state index in [1.807, 2.05) is 0 Å². The minimum absolute atomic E-state index is 0.0246. The monoisotopic (exact) mass is 809 g/mol. The van der Waals surface area contributed by atoms with Gasteiger partial charge in [0.1, 0.15) is 12.2 Å². The van der Waals surface area contributed by atoms with E-state index in [4.69, 9.17) is 23.6 Å². The van der Waals surface area contributed by atoms with Gasteiger partial charge < -0.3 is 24.6 Å². The molecule has 0 aromatic rings. The van der Waals surface area contributed by atoms with Gasteiger partial charge in [0.15, 0.2) is 0 Å². The van der Waals surface area contributed by atoms with Crippen LogP contribution >= 0.6 is 7.82 Å². The van der Waals surface area contributed by atoms with Gasteiger partial charge in [-0.1, -0.05) is 170 Å². The molecule has 3 unspecified atom stereocenters. The number of aliphatic hydroxyl groups excluding tert-OH is 2. The summed E-state index contributed by atoms with van der Waals surface area (Å²) in [5, 5.41) is 18.3. The van der Waals surface area contributed by atoms with Crippen LogP contribution in [-0.4, -0.2) is 66.3 Å². The lowest BCUT2D eigenvalue weighted by molar-refractivity contribution is -0.154. The van der Waals surface area contributed by atoms with Crippen molar-refractivity contribution in [2.24, 2.45) is 0 Å². The van der Waals surface area contributed by atoms with E-state index in [0.29, 0.717) is 6.61 Å². The molecular formula is C46H81O9P. The number of phosphoric ester groups is 1. The van der Waals surface area contributed by atoms with Gasteiger partial charge in [0, 0.05) is 13.0 Å². The molecule has 0 rings (SSSR count). The number of hydrogen-bond acceptors (Lipinski definition) is 8. The van der Waals surface area contributed by atoms with Crippen LogP contribution in [0.25, 0.3) is 0 Å². The first-order chi connectivity index (χ1) is 27.3. The summed E-state index contributed by atoms with van der Waals surface area (Å²) in [6.07, 6.45) is 50.0. The van der Waals surface area contributed by atoms with Crippen LogP contribution < -0.4 is 0 Å². The molecule has 0 bridgehead atoms. The topological polar surface area (TPSA) is 132 Å². The second kappa shape index (κ2) is 42.5. The van der Waals surface area contributed by atoms with Gasteiger partial charge in [0.05, 0.1) is 26.4 Å². The van der Waals surface area contributed by atoms with E-state index in [0.717, 1.165) is 83.5 Å². The van der Waals surface area contributed by atoms with Gasteiger partial charge in [-0.25, -0.2) is 4.57 Å². The molecule has 9 nitrogen and oxygen atoms in total. The molecule has 0 spiro atoms. The quantitative estimate of drug-likeness (QED) is 0.0239. The number of rotatable bonds is 41. The molecule has 0 aliphatic heterocycles. The Morgan fingerprint density at radius 1 is 0.571 bits per heavy atom. The lowest BCUT2D eigenvalue weighted by Crippen LogP contribution is -2.29. The van der Waals surface area contributed by atoms with Crippen LogP contribution in [0.1, 0.15) is 168 Å². The molecular weight excluding hydrogens is 727 g/mol. The number of allylic oxidation sites excluding steroid dienone is 12. The van der Waals surface area contributed by atoms with Crippen LogP contribution in [0.5, 0.6) is 0 Å². The van der Waals surface area contributed by atoms with E-state index in [2.05, 4.69) is 86.8 Å². The van der Waals surface area contributed by atoms with Crippen LogP contribution in [0, 0.1) is 0 Å². The normalized spacial score (nSPS) is 14.7. The van der Waals surface area contributed by atoms with E-state index < -0.39 is 45.8 Å². The third-order valence-corrected chi connectivity index (χ3v) is 9.86. The molecule has 0 saturated heterocycles. The zero-order valence-corrected chi connectivity index (χ0v) is 36.2. The third-order valence-electron chi connectivity index (χ3n) is 8.91. The summed E-state index contributed by atoms with van der Waals surface area (Å²) < 4.78 is 33.3. The lowest BCUT2D eigenvalue weighted by atomic mass is 10.0. The van der Waals surface area contributed by atoms with E-state index >= 15 is 0 Å². The summed E-state index contributed by atoms with van der Waals surface area (Å²) in [4.78, 5) is 22.6. The van der Waals surface area contributed by atoms with Crippen molar-refractivity contribution in [1.82, 2.24) is 0 Å². The number of aliphatic hydroxyl groups is 2. The van der Waals surface area contributed by atoms with E-state index in [1.54, 1.807) is 0 Å². The highest BCUT2D eigenvalue weighted by Crippen LogP contribution is 2.43. The molecule has 0 heterocycles. The standard InChI is InChI=1S/C46H81O9P/c1-3-5-7-9-11-13-15-17-18-19-20-21-22-23-24-25-27-29-31-33-35-37-39-52-42-45(43-54-56(50,51)53-41-44(48)40-47)55-46(49)38-36-34-32-30-28-26-16-14-12-10-8-6-4-2/h5,7,11,13,17-18,20-21,23-24,27,29,44-45,47-48H,3-4,6,8-10,12,14-16,19,22,25-26,28,30-43H2,1-2H3,(H,50,51)/b7-5-,13-11-,18-17-,21-20-,24-23-,29-27-. The summed E-state index contributed by atoms with van der Waals surface area (Å²) >= 11 is 0. The number of carbonyl (C=O) groups excluding carboxylic acids is 1. The first-order valence-corrected chi connectivity index (χ1v) is 23.4. The van der Waals surface area contributed by atoms with Crippen molar-refractivity contribution in [1.29, 1.82) is 0 Å². The molecule has 0 aliphatic rings. The lowest BCUT2D eigenvalue weighted by Gasteiger charge is -2.20. The maximum atomic E-state index is 12.6. The van der Waals surface area contributed by atoms with E-state index in [1.165, 1.54) is 64.2 Å². The van der Waals surface area contributed by atoms with Gasteiger partial charge in [-0.3, -0.25) is 13.8 Å². The minimum atomic E-state index is -4.53. The number of hydrogen-bond donors (Lipinski definition) is 3. The largest absolute Gasteiger partial charge is 0.472 e. The smallest absolute Gasteiger partial charge is 0.457 e. The second-order valence-corrected chi connectivity index (χ2v) is 15.8. The molecule has 0 amide bonds. The Kier molecular flexibility index (Phi) is 40.9. The fourth-order valence-electron chi connectivity index (χ4n) is 5.59. The highest BCUT2D eigenvalue weighted by atomic mass is 31.2. The minimum Gasteiger partial charge on any atom is -0.457 e. The fraction of sp³-hybridized carbons (Fsp3) is 0.717. The number of esters is 1. The zero-order valence-electron chi connectivity index (χ0n) is 35.3. The molecule has 0 aromatic carbocycles. The van der Waals surface area contributed by atoms with Gasteiger partial charge in [0.2, 0.25) is 0 Å². The Hall–Kier alpha value is -2.10. The van der Waals surface area contributed by atoms with Gasteiger partial charge >= 0.3 is 13.8 Å². The van der Waals surface area contributed by atoms with Gasteiger partial charge in [-0.15, -0.1) is 0 Å². The fourth-order valence-corrected chi connectivity index (χ4v) is 6.38. The maximum Gasteiger partial charge on any atom is 0.472 e. The molecule has 3 atom stereocenters. The molecule has 0 saturated carbocycles. The Morgan fingerprint density at radius 2 is 1.02 bits per heavy atom. The number of unbranched alkanes of at least 4 members (excludes halogenated alkanes) is 15. The number of phosphoric acid groups is 1. The van der Waals surface area contributed by atoms with Crippen LogP contribution in [0.3, 0.4) is 0 Å². The van der Waals surface area contributed by atoms with Crippen molar-refractivity contribution >= 4 is 13.8 Å². The predicted octanol–water partition coefficient (Wildman–Crippen LogP) is 12.1.